The van der Waals surface area contributed by atoms with Crippen LogP contribution in [0, 0.1) is 0 Å². The molecule has 116 valence electrons. The van der Waals surface area contributed by atoms with Gasteiger partial charge in [0.25, 0.3) is 0 Å². The molecule has 0 bridgehead atoms. The summed E-state index contributed by atoms with van der Waals surface area (Å²) >= 11 is 0. The molecule has 0 aliphatic rings. The van der Waals surface area contributed by atoms with Gasteiger partial charge >= 0.3 is 5.97 Å². The van der Waals surface area contributed by atoms with Gasteiger partial charge in [-0.2, -0.15) is 0 Å². The second-order valence-electron chi connectivity index (χ2n) is 4.83. The zero-order chi connectivity index (χ0) is 15.8. The van der Waals surface area contributed by atoms with E-state index in [1.807, 2.05) is 49.4 Å². The lowest BCUT2D eigenvalue weighted by Crippen LogP contribution is -2.10. The summed E-state index contributed by atoms with van der Waals surface area (Å²) in [6.45, 7) is 2.59. The summed E-state index contributed by atoms with van der Waals surface area (Å²) in [6.07, 6.45) is -0.920. The summed E-state index contributed by atoms with van der Waals surface area (Å²) in [5.74, 6) is 0.268. The van der Waals surface area contributed by atoms with Gasteiger partial charge in [0.05, 0.1) is 19.1 Å². The van der Waals surface area contributed by atoms with Crippen molar-refractivity contribution in [1.82, 2.24) is 0 Å². The lowest BCUT2D eigenvalue weighted by molar-refractivity contribution is -0.147. The first kappa shape index (κ1) is 16.0. The lowest BCUT2D eigenvalue weighted by atomic mass is 10.1. The highest BCUT2D eigenvalue weighted by Crippen LogP contribution is 2.20. The first-order chi connectivity index (χ1) is 10.7. The van der Waals surface area contributed by atoms with E-state index in [2.05, 4.69) is 0 Å². The van der Waals surface area contributed by atoms with Crippen LogP contribution in [-0.4, -0.2) is 17.7 Å². The number of hydrogen-bond donors (Lipinski definition) is 1. The number of rotatable bonds is 7. The Morgan fingerprint density at radius 1 is 1.09 bits per heavy atom. The lowest BCUT2D eigenvalue weighted by Gasteiger charge is -2.12. The van der Waals surface area contributed by atoms with E-state index in [9.17, 15) is 9.90 Å². The summed E-state index contributed by atoms with van der Waals surface area (Å²) in [5, 5.41) is 10.0. The number of aliphatic hydroxyl groups excluding tert-OH is 1. The van der Waals surface area contributed by atoms with Crippen molar-refractivity contribution in [1.29, 1.82) is 0 Å². The van der Waals surface area contributed by atoms with Crippen LogP contribution in [-0.2, 0) is 16.1 Å². The molecule has 1 N–H and O–H groups in total. The summed E-state index contributed by atoms with van der Waals surface area (Å²) in [6, 6.07) is 16.5. The standard InChI is InChI=1S/C18H20O4/c1-2-21-17-11-7-6-10-15(17)13-22-18(20)12-16(19)14-8-4-3-5-9-14/h3-11,16,19H,2,12-13H2,1H3/t16-/m0/s1. The Bertz CT molecular complexity index is 595. The molecule has 0 radical (unpaired) electrons. The Labute approximate surface area is 130 Å². The number of carbonyl (C=O) groups is 1. The van der Waals surface area contributed by atoms with Crippen LogP contribution in [0.3, 0.4) is 0 Å². The average Bonchev–Trinajstić information content (AvgIpc) is 2.55. The molecule has 0 saturated heterocycles. The van der Waals surface area contributed by atoms with Crippen molar-refractivity contribution in [2.75, 3.05) is 6.61 Å². The molecule has 0 aromatic heterocycles. The highest BCUT2D eigenvalue weighted by atomic mass is 16.5. The molecule has 0 saturated carbocycles. The van der Waals surface area contributed by atoms with Gasteiger partial charge < -0.3 is 14.6 Å². The summed E-state index contributed by atoms with van der Waals surface area (Å²) in [4.78, 5) is 11.8. The SMILES string of the molecule is CCOc1ccccc1COC(=O)C[C@H](O)c1ccccc1. The quantitative estimate of drug-likeness (QED) is 0.797. The van der Waals surface area contributed by atoms with Crippen molar-refractivity contribution in [3.05, 3.63) is 65.7 Å². The van der Waals surface area contributed by atoms with E-state index in [1.165, 1.54) is 0 Å². The van der Waals surface area contributed by atoms with E-state index in [1.54, 1.807) is 12.1 Å². The van der Waals surface area contributed by atoms with E-state index >= 15 is 0 Å². The topological polar surface area (TPSA) is 55.8 Å². The molecule has 22 heavy (non-hydrogen) atoms. The zero-order valence-electron chi connectivity index (χ0n) is 12.6. The maximum atomic E-state index is 11.8. The van der Waals surface area contributed by atoms with Crippen LogP contribution in [0.2, 0.25) is 0 Å². The molecule has 4 heteroatoms. The van der Waals surface area contributed by atoms with Crippen LogP contribution >= 0.6 is 0 Å². The molecule has 0 heterocycles. The highest BCUT2D eigenvalue weighted by molar-refractivity contribution is 5.70. The Morgan fingerprint density at radius 3 is 2.50 bits per heavy atom. The largest absolute Gasteiger partial charge is 0.493 e. The number of hydrogen-bond acceptors (Lipinski definition) is 4. The zero-order valence-corrected chi connectivity index (χ0v) is 12.6. The number of esters is 1. The summed E-state index contributed by atoms with van der Waals surface area (Å²) in [5.41, 5.74) is 1.51. The number of para-hydroxylation sites is 1. The number of aliphatic hydroxyl groups is 1. The smallest absolute Gasteiger partial charge is 0.309 e. The molecule has 4 nitrogen and oxygen atoms in total. The van der Waals surface area contributed by atoms with Crippen LogP contribution in [0.15, 0.2) is 54.6 Å². The van der Waals surface area contributed by atoms with Crippen LogP contribution in [0.5, 0.6) is 5.75 Å². The minimum atomic E-state index is -0.851. The van der Waals surface area contributed by atoms with E-state index in [0.717, 1.165) is 5.56 Å². The molecule has 0 aliphatic heterocycles. The second-order valence-corrected chi connectivity index (χ2v) is 4.83. The van der Waals surface area contributed by atoms with Crippen LogP contribution in [0.4, 0.5) is 0 Å². The highest BCUT2D eigenvalue weighted by Gasteiger charge is 2.14. The van der Waals surface area contributed by atoms with Crippen LogP contribution in [0.1, 0.15) is 30.6 Å². The van der Waals surface area contributed by atoms with Crippen molar-refractivity contribution < 1.29 is 19.4 Å². The third-order valence-electron chi connectivity index (χ3n) is 3.21. The maximum Gasteiger partial charge on any atom is 0.309 e. The summed E-state index contributed by atoms with van der Waals surface area (Å²) < 4.78 is 10.7. The van der Waals surface area contributed by atoms with Crippen molar-refractivity contribution >= 4 is 5.97 Å². The fourth-order valence-corrected chi connectivity index (χ4v) is 2.09. The Hall–Kier alpha value is -2.33. The average molecular weight is 300 g/mol. The van der Waals surface area contributed by atoms with E-state index in [-0.39, 0.29) is 13.0 Å². The third kappa shape index (κ3) is 4.60. The predicted octanol–water partition coefficient (Wildman–Crippen LogP) is 3.25. The van der Waals surface area contributed by atoms with Crippen molar-refractivity contribution in [3.63, 3.8) is 0 Å². The molecule has 0 unspecified atom stereocenters. The first-order valence-electron chi connectivity index (χ1n) is 7.30. The second kappa shape index (κ2) is 8.20. The molecule has 0 aliphatic carbocycles. The van der Waals surface area contributed by atoms with E-state index in [4.69, 9.17) is 9.47 Å². The van der Waals surface area contributed by atoms with Gasteiger partial charge in [0.2, 0.25) is 0 Å². The molecule has 2 rings (SSSR count). The van der Waals surface area contributed by atoms with E-state index in [0.29, 0.717) is 17.9 Å². The Morgan fingerprint density at radius 2 is 1.77 bits per heavy atom. The monoisotopic (exact) mass is 300 g/mol. The molecule has 1 atom stereocenters. The van der Waals surface area contributed by atoms with Gasteiger partial charge in [-0.25, -0.2) is 0 Å². The molecule has 0 fully saturated rings. The minimum Gasteiger partial charge on any atom is -0.493 e. The van der Waals surface area contributed by atoms with Gasteiger partial charge in [0, 0.05) is 5.56 Å². The fourth-order valence-electron chi connectivity index (χ4n) is 2.09. The number of benzene rings is 2. The third-order valence-corrected chi connectivity index (χ3v) is 3.21. The molecular weight excluding hydrogens is 280 g/mol. The number of ether oxygens (including phenoxy) is 2. The van der Waals surface area contributed by atoms with Gasteiger partial charge in [-0.05, 0) is 18.6 Å². The molecule has 2 aromatic carbocycles. The van der Waals surface area contributed by atoms with Gasteiger partial charge in [-0.1, -0.05) is 48.5 Å². The fraction of sp³-hybridized carbons (Fsp3) is 0.278. The van der Waals surface area contributed by atoms with Crippen molar-refractivity contribution in [2.24, 2.45) is 0 Å². The Kier molecular flexibility index (Phi) is 5.98. The molecule has 0 amide bonds. The Balaban J connectivity index is 1.88. The van der Waals surface area contributed by atoms with Crippen LogP contribution < -0.4 is 4.74 Å². The normalized spacial score (nSPS) is 11.7. The van der Waals surface area contributed by atoms with Crippen molar-refractivity contribution in [3.8, 4) is 5.75 Å². The van der Waals surface area contributed by atoms with E-state index < -0.39 is 12.1 Å². The van der Waals surface area contributed by atoms with Crippen LogP contribution in [0.25, 0.3) is 0 Å². The van der Waals surface area contributed by atoms with Crippen molar-refractivity contribution in [2.45, 2.75) is 26.1 Å². The predicted molar refractivity (Wildman–Crippen MR) is 83.4 cm³/mol. The molecule has 2 aromatic rings. The minimum absolute atomic E-state index is 0.0686. The van der Waals surface area contributed by atoms with Gasteiger partial charge in [-0.3, -0.25) is 4.79 Å². The summed E-state index contributed by atoms with van der Waals surface area (Å²) in [7, 11) is 0. The van der Waals surface area contributed by atoms with Gasteiger partial charge in [0.1, 0.15) is 12.4 Å². The van der Waals surface area contributed by atoms with Gasteiger partial charge in [-0.15, -0.1) is 0 Å². The molecular formula is C18H20O4. The number of carbonyl (C=O) groups excluding carboxylic acids is 1. The van der Waals surface area contributed by atoms with Gasteiger partial charge in [0.15, 0.2) is 0 Å². The molecule has 0 spiro atoms. The first-order valence-corrected chi connectivity index (χ1v) is 7.30. The maximum absolute atomic E-state index is 11.8.